The summed E-state index contributed by atoms with van der Waals surface area (Å²) < 4.78 is 15.6. The van der Waals surface area contributed by atoms with Gasteiger partial charge in [0.2, 0.25) is 0 Å². The van der Waals surface area contributed by atoms with Crippen molar-refractivity contribution in [3.8, 4) is 11.3 Å². The van der Waals surface area contributed by atoms with Crippen molar-refractivity contribution in [3.63, 3.8) is 0 Å². The maximum atomic E-state index is 13.4. The van der Waals surface area contributed by atoms with Crippen LogP contribution in [0.1, 0.15) is 43.0 Å². The van der Waals surface area contributed by atoms with Gasteiger partial charge >= 0.3 is 0 Å². The summed E-state index contributed by atoms with van der Waals surface area (Å²) in [5, 5.41) is 5.02. The van der Waals surface area contributed by atoms with Gasteiger partial charge in [-0.05, 0) is 50.6 Å². The van der Waals surface area contributed by atoms with Crippen LogP contribution >= 0.6 is 0 Å². The van der Waals surface area contributed by atoms with Crippen LogP contribution in [0.3, 0.4) is 0 Å². The second kappa shape index (κ2) is 6.08. The number of benzene rings is 1. The maximum Gasteiger partial charge on any atom is 0.123 e. The lowest BCUT2D eigenvalue weighted by Crippen LogP contribution is -2.21. The van der Waals surface area contributed by atoms with E-state index in [9.17, 15) is 4.39 Å². The Morgan fingerprint density at radius 3 is 2.48 bits per heavy atom. The van der Waals surface area contributed by atoms with Gasteiger partial charge in [0.15, 0.2) is 0 Å². The van der Waals surface area contributed by atoms with Crippen molar-refractivity contribution in [3.05, 3.63) is 41.3 Å². The Morgan fingerprint density at radius 2 is 1.74 bits per heavy atom. The van der Waals surface area contributed by atoms with Gasteiger partial charge in [0.1, 0.15) is 5.82 Å². The van der Waals surface area contributed by atoms with Crippen molar-refractivity contribution in [1.29, 1.82) is 0 Å². The third kappa shape index (κ3) is 2.80. The van der Waals surface area contributed by atoms with E-state index >= 15 is 0 Å². The van der Waals surface area contributed by atoms with E-state index in [1.54, 1.807) is 12.1 Å². The van der Waals surface area contributed by atoms with E-state index in [1.165, 1.54) is 42.6 Å². The predicted octanol–water partition coefficient (Wildman–Crippen LogP) is 3.83. The van der Waals surface area contributed by atoms with E-state index in [-0.39, 0.29) is 5.82 Å². The molecular weight excluding hydrogens is 289 g/mol. The largest absolute Gasteiger partial charge is 0.306 e. The summed E-state index contributed by atoms with van der Waals surface area (Å²) in [5.74, 6) is -0.175. The molecule has 0 unspecified atom stereocenters. The molecule has 2 heterocycles. The summed E-state index contributed by atoms with van der Waals surface area (Å²) in [6.45, 7) is 2.13. The minimum absolute atomic E-state index is 0.175. The number of rotatable bonds is 2. The summed E-state index contributed by atoms with van der Waals surface area (Å²) in [6.07, 6.45) is 7.07. The van der Waals surface area contributed by atoms with Gasteiger partial charge in [-0.25, -0.2) is 4.39 Å². The summed E-state index contributed by atoms with van der Waals surface area (Å²) in [4.78, 5) is 2.37. The molecule has 122 valence electrons. The molecule has 1 aliphatic heterocycles. The van der Waals surface area contributed by atoms with Crippen molar-refractivity contribution in [2.24, 2.45) is 0 Å². The van der Waals surface area contributed by atoms with Gasteiger partial charge in [-0.3, -0.25) is 4.68 Å². The van der Waals surface area contributed by atoms with Gasteiger partial charge in [-0.15, -0.1) is 0 Å². The molecule has 0 amide bonds. The van der Waals surface area contributed by atoms with Crippen LogP contribution in [0.2, 0.25) is 0 Å². The second-order valence-corrected chi connectivity index (χ2v) is 6.97. The first-order valence-corrected chi connectivity index (χ1v) is 8.77. The highest BCUT2D eigenvalue weighted by Gasteiger charge is 2.27. The average Bonchev–Trinajstić information content (AvgIpc) is 3.16. The van der Waals surface area contributed by atoms with Crippen LogP contribution in [-0.2, 0) is 12.8 Å². The minimum Gasteiger partial charge on any atom is -0.306 e. The monoisotopic (exact) mass is 313 g/mol. The Morgan fingerprint density at radius 1 is 1.04 bits per heavy atom. The van der Waals surface area contributed by atoms with E-state index in [0.717, 1.165) is 31.5 Å². The van der Waals surface area contributed by atoms with Gasteiger partial charge < -0.3 is 4.90 Å². The van der Waals surface area contributed by atoms with Gasteiger partial charge in [-0.2, -0.15) is 5.10 Å². The van der Waals surface area contributed by atoms with Gasteiger partial charge in [0.25, 0.3) is 0 Å². The van der Waals surface area contributed by atoms with Gasteiger partial charge in [0, 0.05) is 30.6 Å². The van der Waals surface area contributed by atoms with Crippen LogP contribution < -0.4 is 0 Å². The standard InChI is InChI=1S/C19H24FN3/c1-22-12-10-17-18(11-13-22)21-23(16-4-2-3-5-16)19(17)14-6-8-15(20)9-7-14/h6-9,16H,2-5,10-13H2,1H3. The first kappa shape index (κ1) is 14.9. The van der Waals surface area contributed by atoms with Crippen molar-refractivity contribution in [2.45, 2.75) is 44.6 Å². The van der Waals surface area contributed by atoms with Crippen molar-refractivity contribution in [2.75, 3.05) is 20.1 Å². The number of aromatic nitrogens is 2. The smallest absolute Gasteiger partial charge is 0.123 e. The van der Waals surface area contributed by atoms with Gasteiger partial charge in [0.05, 0.1) is 17.4 Å². The van der Waals surface area contributed by atoms with E-state index in [0.29, 0.717) is 6.04 Å². The van der Waals surface area contributed by atoms with E-state index in [1.807, 2.05) is 12.1 Å². The molecule has 1 saturated carbocycles. The average molecular weight is 313 g/mol. The predicted molar refractivity (Wildman–Crippen MR) is 90.0 cm³/mol. The molecule has 1 fully saturated rings. The van der Waals surface area contributed by atoms with Crippen LogP contribution in [0.15, 0.2) is 24.3 Å². The molecule has 4 rings (SSSR count). The van der Waals surface area contributed by atoms with Crippen molar-refractivity contribution >= 4 is 0 Å². The molecule has 0 spiro atoms. The Labute approximate surface area is 137 Å². The third-order valence-electron chi connectivity index (χ3n) is 5.35. The van der Waals surface area contributed by atoms with Crippen LogP contribution in [0.4, 0.5) is 4.39 Å². The molecule has 23 heavy (non-hydrogen) atoms. The molecule has 0 radical (unpaired) electrons. The molecule has 3 nitrogen and oxygen atoms in total. The molecule has 1 aromatic heterocycles. The number of hydrogen-bond donors (Lipinski definition) is 0. The topological polar surface area (TPSA) is 21.1 Å². The van der Waals surface area contributed by atoms with E-state index in [4.69, 9.17) is 5.10 Å². The molecule has 0 N–H and O–H groups in total. The van der Waals surface area contributed by atoms with Crippen LogP contribution in [-0.4, -0.2) is 34.8 Å². The van der Waals surface area contributed by atoms with Crippen molar-refractivity contribution < 1.29 is 4.39 Å². The number of fused-ring (bicyclic) bond motifs is 1. The number of hydrogen-bond acceptors (Lipinski definition) is 2. The van der Waals surface area contributed by atoms with E-state index in [2.05, 4.69) is 16.6 Å². The minimum atomic E-state index is -0.175. The molecule has 0 bridgehead atoms. The van der Waals surface area contributed by atoms with Crippen LogP contribution in [0.5, 0.6) is 0 Å². The number of likely N-dealkylation sites (N-methyl/N-ethyl adjacent to an activating group) is 1. The molecule has 2 aliphatic rings. The normalized spacial score (nSPS) is 19.7. The Bertz CT molecular complexity index is 683. The summed E-state index contributed by atoms with van der Waals surface area (Å²) in [7, 11) is 2.18. The highest BCUT2D eigenvalue weighted by atomic mass is 19.1. The first-order valence-electron chi connectivity index (χ1n) is 8.77. The fraction of sp³-hybridized carbons (Fsp3) is 0.526. The first-order chi connectivity index (χ1) is 11.2. The quantitative estimate of drug-likeness (QED) is 0.840. The lowest BCUT2D eigenvalue weighted by atomic mass is 10.0. The SMILES string of the molecule is CN1CCc2nn(C3CCCC3)c(-c3ccc(F)cc3)c2CC1. The molecule has 0 saturated heterocycles. The Kier molecular flexibility index (Phi) is 3.93. The van der Waals surface area contributed by atoms with Crippen LogP contribution in [0, 0.1) is 5.82 Å². The Balaban J connectivity index is 1.83. The lowest BCUT2D eigenvalue weighted by molar-refractivity contribution is 0.349. The highest BCUT2D eigenvalue weighted by molar-refractivity contribution is 5.65. The third-order valence-corrected chi connectivity index (χ3v) is 5.35. The fourth-order valence-electron chi connectivity index (χ4n) is 4.02. The second-order valence-electron chi connectivity index (χ2n) is 6.97. The molecule has 1 aliphatic carbocycles. The molecule has 0 atom stereocenters. The molecule has 4 heteroatoms. The van der Waals surface area contributed by atoms with Crippen LogP contribution in [0.25, 0.3) is 11.3 Å². The number of nitrogens with zero attached hydrogens (tertiary/aromatic N) is 3. The van der Waals surface area contributed by atoms with Gasteiger partial charge in [-0.1, -0.05) is 12.8 Å². The van der Waals surface area contributed by atoms with E-state index < -0.39 is 0 Å². The zero-order valence-electron chi connectivity index (χ0n) is 13.8. The van der Waals surface area contributed by atoms with Crippen molar-refractivity contribution in [1.82, 2.24) is 14.7 Å². The zero-order valence-corrected chi connectivity index (χ0v) is 13.8. The lowest BCUT2D eigenvalue weighted by Gasteiger charge is -2.17. The maximum absolute atomic E-state index is 13.4. The fourth-order valence-corrected chi connectivity index (χ4v) is 4.02. The number of halogens is 1. The Hall–Kier alpha value is -1.68. The molecule has 2 aromatic rings. The molecular formula is C19H24FN3. The molecule has 1 aromatic carbocycles. The summed E-state index contributed by atoms with van der Waals surface area (Å²) >= 11 is 0. The highest BCUT2D eigenvalue weighted by Crippen LogP contribution is 2.37. The summed E-state index contributed by atoms with van der Waals surface area (Å²) in [5.41, 5.74) is 4.98. The summed E-state index contributed by atoms with van der Waals surface area (Å²) in [6, 6.07) is 7.46. The zero-order chi connectivity index (χ0) is 15.8.